The number of ether oxygens (including phenoxy) is 1. The van der Waals surface area contributed by atoms with Crippen molar-refractivity contribution in [2.45, 2.75) is 38.0 Å². The van der Waals surface area contributed by atoms with Gasteiger partial charge in [-0.1, -0.05) is 25.5 Å². The Morgan fingerprint density at radius 1 is 1.08 bits per heavy atom. The number of benzene rings is 1. The fourth-order valence-corrected chi connectivity index (χ4v) is 4.47. The van der Waals surface area contributed by atoms with Gasteiger partial charge in [-0.2, -0.15) is 0 Å². The molecule has 2 fully saturated rings. The first-order valence-corrected chi connectivity index (χ1v) is 10.1. The quantitative estimate of drug-likeness (QED) is 0.858. The normalized spacial score (nSPS) is 26.3. The molecule has 1 N–H and O–H groups in total. The predicted molar refractivity (Wildman–Crippen MR) is 105 cm³/mol. The second kappa shape index (κ2) is 9.02. The zero-order chi connectivity index (χ0) is 17.5. The summed E-state index contributed by atoms with van der Waals surface area (Å²) in [6.07, 6.45) is 5.15. The fraction of sp³-hybridized carbons (Fsp3) is 0.714. The molecule has 2 aliphatic heterocycles. The first-order chi connectivity index (χ1) is 12.3. The van der Waals surface area contributed by atoms with Crippen molar-refractivity contribution in [3.63, 3.8) is 0 Å². The van der Waals surface area contributed by atoms with E-state index in [1.54, 1.807) is 7.11 Å². The van der Waals surface area contributed by atoms with Crippen LogP contribution in [-0.4, -0.2) is 69.3 Å². The Hall–Kier alpha value is -1.10. The molecule has 1 unspecified atom stereocenters. The van der Waals surface area contributed by atoms with Crippen molar-refractivity contribution in [3.05, 3.63) is 29.8 Å². The summed E-state index contributed by atoms with van der Waals surface area (Å²) < 4.78 is 5.49. The standard InChI is InChI=1S/C21H35N3O/c1-3-21(19-7-6-8-20(17-19)25-2)9-4-5-12-24(18-21)16-15-23-13-10-22-11-14-23/h6-8,17,22H,3-5,9-16,18H2,1-2H3. The van der Waals surface area contributed by atoms with Gasteiger partial charge in [-0.25, -0.2) is 0 Å². The molecule has 2 saturated heterocycles. The molecule has 25 heavy (non-hydrogen) atoms. The lowest BCUT2D eigenvalue weighted by molar-refractivity contribution is 0.168. The third kappa shape index (κ3) is 4.75. The number of nitrogens with one attached hydrogen (secondary N) is 1. The van der Waals surface area contributed by atoms with Crippen molar-refractivity contribution in [3.8, 4) is 5.75 Å². The third-order valence-electron chi connectivity index (χ3n) is 6.21. The maximum absolute atomic E-state index is 5.49. The molecule has 3 rings (SSSR count). The lowest BCUT2D eigenvalue weighted by Crippen LogP contribution is -2.47. The molecule has 0 bridgehead atoms. The number of hydrogen-bond donors (Lipinski definition) is 1. The van der Waals surface area contributed by atoms with E-state index in [0.717, 1.165) is 18.8 Å². The summed E-state index contributed by atoms with van der Waals surface area (Å²) in [6, 6.07) is 8.79. The van der Waals surface area contributed by atoms with Crippen LogP contribution in [0.4, 0.5) is 0 Å². The van der Waals surface area contributed by atoms with Crippen LogP contribution in [0.1, 0.15) is 38.2 Å². The van der Waals surface area contributed by atoms with E-state index in [9.17, 15) is 0 Å². The SMILES string of the molecule is CCC1(c2cccc(OC)c2)CCCCN(CCN2CCNCC2)C1. The molecular weight excluding hydrogens is 310 g/mol. The third-order valence-corrected chi connectivity index (χ3v) is 6.21. The van der Waals surface area contributed by atoms with E-state index in [4.69, 9.17) is 4.74 Å². The highest BCUT2D eigenvalue weighted by atomic mass is 16.5. The van der Waals surface area contributed by atoms with Crippen molar-refractivity contribution in [2.24, 2.45) is 0 Å². The molecule has 0 aromatic heterocycles. The van der Waals surface area contributed by atoms with Gasteiger partial charge < -0.3 is 15.0 Å². The fourth-order valence-electron chi connectivity index (χ4n) is 4.47. The molecule has 0 saturated carbocycles. The Bertz CT molecular complexity index is 530. The van der Waals surface area contributed by atoms with Crippen LogP contribution >= 0.6 is 0 Å². The van der Waals surface area contributed by atoms with Gasteiger partial charge in [-0.15, -0.1) is 0 Å². The van der Waals surface area contributed by atoms with E-state index in [1.807, 2.05) is 0 Å². The number of rotatable bonds is 6. The number of likely N-dealkylation sites (tertiary alicyclic amines) is 1. The van der Waals surface area contributed by atoms with Crippen LogP contribution in [0.25, 0.3) is 0 Å². The van der Waals surface area contributed by atoms with Gasteiger partial charge in [0.05, 0.1) is 7.11 Å². The summed E-state index contributed by atoms with van der Waals surface area (Å²) in [5.41, 5.74) is 1.73. The van der Waals surface area contributed by atoms with Crippen molar-refractivity contribution in [2.75, 3.05) is 59.5 Å². The van der Waals surface area contributed by atoms with Gasteiger partial charge in [0.1, 0.15) is 5.75 Å². The molecule has 4 nitrogen and oxygen atoms in total. The van der Waals surface area contributed by atoms with Gasteiger partial charge in [-0.3, -0.25) is 4.90 Å². The zero-order valence-corrected chi connectivity index (χ0v) is 16.1. The van der Waals surface area contributed by atoms with Crippen molar-refractivity contribution >= 4 is 0 Å². The molecule has 1 atom stereocenters. The Morgan fingerprint density at radius 2 is 1.88 bits per heavy atom. The Morgan fingerprint density at radius 3 is 2.64 bits per heavy atom. The molecule has 0 amide bonds. The maximum atomic E-state index is 5.49. The molecule has 0 radical (unpaired) electrons. The molecule has 2 aliphatic rings. The number of hydrogen-bond acceptors (Lipinski definition) is 4. The zero-order valence-electron chi connectivity index (χ0n) is 16.1. The molecule has 2 heterocycles. The molecular formula is C21H35N3O. The smallest absolute Gasteiger partial charge is 0.119 e. The lowest BCUT2D eigenvalue weighted by Gasteiger charge is -2.37. The van der Waals surface area contributed by atoms with Crippen molar-refractivity contribution in [1.29, 1.82) is 0 Å². The van der Waals surface area contributed by atoms with Gasteiger partial charge in [0.15, 0.2) is 0 Å². The van der Waals surface area contributed by atoms with Crippen molar-refractivity contribution < 1.29 is 4.74 Å². The summed E-state index contributed by atoms with van der Waals surface area (Å²) >= 11 is 0. The summed E-state index contributed by atoms with van der Waals surface area (Å²) in [7, 11) is 1.77. The molecule has 1 aromatic carbocycles. The summed E-state index contributed by atoms with van der Waals surface area (Å²) in [6.45, 7) is 11.9. The van der Waals surface area contributed by atoms with E-state index in [-0.39, 0.29) is 5.41 Å². The van der Waals surface area contributed by atoms with E-state index in [0.29, 0.717) is 0 Å². The van der Waals surface area contributed by atoms with Crippen LogP contribution in [-0.2, 0) is 5.41 Å². The summed E-state index contributed by atoms with van der Waals surface area (Å²) in [5.74, 6) is 0.988. The minimum absolute atomic E-state index is 0.272. The van der Waals surface area contributed by atoms with Crippen LogP contribution in [0.3, 0.4) is 0 Å². The lowest BCUT2D eigenvalue weighted by atomic mass is 9.74. The van der Waals surface area contributed by atoms with Crippen LogP contribution in [0.5, 0.6) is 5.75 Å². The van der Waals surface area contributed by atoms with Gasteiger partial charge in [0.25, 0.3) is 0 Å². The molecule has 1 aromatic rings. The highest BCUT2D eigenvalue weighted by Gasteiger charge is 2.34. The second-order valence-electron chi connectivity index (χ2n) is 7.69. The minimum atomic E-state index is 0.272. The molecule has 0 spiro atoms. The number of piperazine rings is 1. The molecule has 4 heteroatoms. The van der Waals surface area contributed by atoms with Crippen LogP contribution in [0.2, 0.25) is 0 Å². The van der Waals surface area contributed by atoms with E-state index < -0.39 is 0 Å². The topological polar surface area (TPSA) is 27.7 Å². The van der Waals surface area contributed by atoms with Crippen LogP contribution in [0, 0.1) is 0 Å². The highest BCUT2D eigenvalue weighted by Crippen LogP contribution is 2.37. The Kier molecular flexibility index (Phi) is 6.74. The van der Waals surface area contributed by atoms with E-state index in [2.05, 4.69) is 46.3 Å². The van der Waals surface area contributed by atoms with Gasteiger partial charge >= 0.3 is 0 Å². The Labute approximate surface area is 153 Å². The maximum Gasteiger partial charge on any atom is 0.119 e. The van der Waals surface area contributed by atoms with Crippen LogP contribution in [0.15, 0.2) is 24.3 Å². The van der Waals surface area contributed by atoms with Gasteiger partial charge in [0.2, 0.25) is 0 Å². The average molecular weight is 346 g/mol. The first-order valence-electron chi connectivity index (χ1n) is 10.1. The minimum Gasteiger partial charge on any atom is -0.497 e. The predicted octanol–water partition coefficient (Wildman–Crippen LogP) is 2.73. The molecule has 140 valence electrons. The van der Waals surface area contributed by atoms with E-state index in [1.165, 1.54) is 70.5 Å². The second-order valence-corrected chi connectivity index (χ2v) is 7.69. The monoisotopic (exact) mass is 345 g/mol. The van der Waals surface area contributed by atoms with Gasteiger partial charge in [0, 0.05) is 51.2 Å². The van der Waals surface area contributed by atoms with Crippen molar-refractivity contribution in [1.82, 2.24) is 15.1 Å². The number of nitrogens with zero attached hydrogens (tertiary/aromatic N) is 2. The Balaban J connectivity index is 1.69. The van der Waals surface area contributed by atoms with E-state index >= 15 is 0 Å². The van der Waals surface area contributed by atoms with Gasteiger partial charge in [-0.05, 0) is 43.5 Å². The largest absolute Gasteiger partial charge is 0.497 e. The highest BCUT2D eigenvalue weighted by molar-refractivity contribution is 5.34. The number of methoxy groups -OCH3 is 1. The first kappa shape index (κ1) is 18.7. The average Bonchev–Trinajstić information content (AvgIpc) is 2.90. The molecule has 0 aliphatic carbocycles. The van der Waals surface area contributed by atoms with Crippen LogP contribution < -0.4 is 10.1 Å². The summed E-state index contributed by atoms with van der Waals surface area (Å²) in [4.78, 5) is 5.33. The summed E-state index contributed by atoms with van der Waals surface area (Å²) in [5, 5.41) is 3.45.